The standard InChI is InChI=1S/C13H28O3/c1-3-12(8-7-11(2)10-15)13(16)6-4-5-9-14/h11-16H,3-10H2,1-2H3. The van der Waals surface area contributed by atoms with Gasteiger partial charge in [0.1, 0.15) is 0 Å². The summed E-state index contributed by atoms with van der Waals surface area (Å²) in [6, 6.07) is 0. The lowest BCUT2D eigenvalue weighted by atomic mass is 9.88. The number of hydrogen-bond acceptors (Lipinski definition) is 3. The van der Waals surface area contributed by atoms with Gasteiger partial charge in [-0.3, -0.25) is 0 Å². The Kier molecular flexibility index (Phi) is 9.99. The second kappa shape index (κ2) is 10.1. The van der Waals surface area contributed by atoms with E-state index in [2.05, 4.69) is 6.92 Å². The molecule has 0 spiro atoms. The molecular formula is C13H28O3. The Labute approximate surface area is 99.5 Å². The van der Waals surface area contributed by atoms with Gasteiger partial charge in [-0.15, -0.1) is 0 Å². The van der Waals surface area contributed by atoms with E-state index < -0.39 is 0 Å². The normalized spacial score (nSPS) is 17.1. The molecule has 0 rings (SSSR count). The Hall–Kier alpha value is -0.120. The highest BCUT2D eigenvalue weighted by Crippen LogP contribution is 2.22. The first kappa shape index (κ1) is 15.9. The molecule has 0 saturated carbocycles. The van der Waals surface area contributed by atoms with Gasteiger partial charge in [-0.05, 0) is 43.9 Å². The van der Waals surface area contributed by atoms with Crippen molar-refractivity contribution in [2.24, 2.45) is 11.8 Å². The fourth-order valence-corrected chi connectivity index (χ4v) is 1.96. The largest absolute Gasteiger partial charge is 0.396 e. The minimum absolute atomic E-state index is 0.213. The minimum atomic E-state index is -0.248. The summed E-state index contributed by atoms with van der Waals surface area (Å²) in [5.74, 6) is 0.673. The fourth-order valence-electron chi connectivity index (χ4n) is 1.96. The van der Waals surface area contributed by atoms with Gasteiger partial charge in [0, 0.05) is 13.2 Å². The zero-order valence-electron chi connectivity index (χ0n) is 10.7. The van der Waals surface area contributed by atoms with Crippen molar-refractivity contribution < 1.29 is 15.3 Å². The molecule has 3 nitrogen and oxygen atoms in total. The lowest BCUT2D eigenvalue weighted by Crippen LogP contribution is -2.21. The minimum Gasteiger partial charge on any atom is -0.396 e. The molecule has 16 heavy (non-hydrogen) atoms. The molecule has 0 aromatic rings. The number of aliphatic hydroxyl groups is 3. The molecule has 98 valence electrons. The summed E-state index contributed by atoms with van der Waals surface area (Å²) in [6.07, 6.45) is 5.15. The van der Waals surface area contributed by atoms with Crippen molar-refractivity contribution in [3.63, 3.8) is 0 Å². The maximum atomic E-state index is 9.98. The quantitative estimate of drug-likeness (QED) is 0.504. The number of hydrogen-bond donors (Lipinski definition) is 3. The zero-order valence-corrected chi connectivity index (χ0v) is 10.7. The van der Waals surface area contributed by atoms with Crippen LogP contribution in [-0.4, -0.2) is 34.6 Å². The van der Waals surface area contributed by atoms with Crippen molar-refractivity contribution in [3.05, 3.63) is 0 Å². The first-order valence-corrected chi connectivity index (χ1v) is 6.55. The van der Waals surface area contributed by atoms with E-state index in [-0.39, 0.29) is 19.3 Å². The number of aliphatic hydroxyl groups excluding tert-OH is 3. The zero-order chi connectivity index (χ0) is 12.4. The summed E-state index contributed by atoms with van der Waals surface area (Å²) in [5.41, 5.74) is 0. The fraction of sp³-hybridized carbons (Fsp3) is 1.00. The van der Waals surface area contributed by atoms with Crippen LogP contribution in [-0.2, 0) is 0 Å². The first-order valence-electron chi connectivity index (χ1n) is 6.55. The van der Waals surface area contributed by atoms with E-state index in [1.165, 1.54) is 0 Å². The van der Waals surface area contributed by atoms with Crippen LogP contribution in [0.5, 0.6) is 0 Å². The average Bonchev–Trinajstić information content (AvgIpc) is 2.29. The highest BCUT2D eigenvalue weighted by molar-refractivity contribution is 4.69. The van der Waals surface area contributed by atoms with Crippen molar-refractivity contribution >= 4 is 0 Å². The smallest absolute Gasteiger partial charge is 0.0568 e. The van der Waals surface area contributed by atoms with Crippen LogP contribution in [0.1, 0.15) is 52.4 Å². The molecule has 0 saturated heterocycles. The van der Waals surface area contributed by atoms with Crippen molar-refractivity contribution in [2.45, 2.75) is 58.5 Å². The van der Waals surface area contributed by atoms with Gasteiger partial charge in [0.05, 0.1) is 6.10 Å². The number of unbranched alkanes of at least 4 members (excludes halogenated alkanes) is 1. The summed E-state index contributed by atoms with van der Waals surface area (Å²) < 4.78 is 0. The predicted octanol–water partition coefficient (Wildman–Crippen LogP) is 1.94. The van der Waals surface area contributed by atoms with Crippen molar-refractivity contribution in [3.8, 4) is 0 Å². The summed E-state index contributed by atoms with van der Waals surface area (Å²) in [6.45, 7) is 4.58. The molecule has 0 aliphatic rings. The van der Waals surface area contributed by atoms with Crippen molar-refractivity contribution in [1.29, 1.82) is 0 Å². The molecule has 0 heterocycles. The molecule has 0 aliphatic carbocycles. The van der Waals surface area contributed by atoms with Gasteiger partial charge in [-0.2, -0.15) is 0 Å². The van der Waals surface area contributed by atoms with Gasteiger partial charge in [-0.1, -0.05) is 20.3 Å². The molecule has 0 radical (unpaired) electrons. The Morgan fingerprint density at radius 2 is 1.69 bits per heavy atom. The van der Waals surface area contributed by atoms with E-state index >= 15 is 0 Å². The van der Waals surface area contributed by atoms with Gasteiger partial charge >= 0.3 is 0 Å². The van der Waals surface area contributed by atoms with E-state index in [1.54, 1.807) is 0 Å². The molecule has 3 unspecified atom stereocenters. The Bertz CT molecular complexity index is 150. The van der Waals surface area contributed by atoms with Crippen LogP contribution in [0.15, 0.2) is 0 Å². The topological polar surface area (TPSA) is 60.7 Å². The Morgan fingerprint density at radius 1 is 1.00 bits per heavy atom. The third-order valence-corrected chi connectivity index (χ3v) is 3.32. The second-order valence-electron chi connectivity index (χ2n) is 4.82. The molecule has 3 heteroatoms. The van der Waals surface area contributed by atoms with E-state index in [0.717, 1.165) is 38.5 Å². The molecule has 0 aliphatic heterocycles. The van der Waals surface area contributed by atoms with E-state index in [0.29, 0.717) is 11.8 Å². The third-order valence-electron chi connectivity index (χ3n) is 3.32. The number of rotatable bonds is 10. The maximum absolute atomic E-state index is 9.98. The highest BCUT2D eigenvalue weighted by Gasteiger charge is 2.17. The molecule has 0 fully saturated rings. The third kappa shape index (κ3) is 7.20. The average molecular weight is 232 g/mol. The van der Waals surface area contributed by atoms with Crippen LogP contribution >= 0.6 is 0 Å². The van der Waals surface area contributed by atoms with Gasteiger partial charge in [0.2, 0.25) is 0 Å². The molecule has 0 bridgehead atoms. The SMILES string of the molecule is CCC(CCC(C)CO)C(O)CCCCO. The monoisotopic (exact) mass is 232 g/mol. The summed E-state index contributed by atoms with van der Waals surface area (Å²) in [4.78, 5) is 0. The Balaban J connectivity index is 3.77. The van der Waals surface area contributed by atoms with Crippen molar-refractivity contribution in [1.82, 2.24) is 0 Å². The molecule has 0 amide bonds. The Morgan fingerprint density at radius 3 is 2.19 bits per heavy atom. The molecule has 0 aromatic heterocycles. The van der Waals surface area contributed by atoms with Crippen LogP contribution in [0.3, 0.4) is 0 Å². The summed E-state index contributed by atoms with van der Waals surface area (Å²) in [7, 11) is 0. The van der Waals surface area contributed by atoms with E-state index in [1.807, 2.05) is 6.92 Å². The van der Waals surface area contributed by atoms with Crippen LogP contribution in [0, 0.1) is 11.8 Å². The van der Waals surface area contributed by atoms with E-state index in [9.17, 15) is 5.11 Å². The van der Waals surface area contributed by atoms with Crippen LogP contribution < -0.4 is 0 Å². The molecular weight excluding hydrogens is 204 g/mol. The van der Waals surface area contributed by atoms with Gasteiger partial charge in [-0.25, -0.2) is 0 Å². The molecule has 0 aromatic carbocycles. The van der Waals surface area contributed by atoms with Crippen LogP contribution in [0.4, 0.5) is 0 Å². The molecule has 3 atom stereocenters. The van der Waals surface area contributed by atoms with E-state index in [4.69, 9.17) is 10.2 Å². The lowest BCUT2D eigenvalue weighted by Gasteiger charge is -2.22. The van der Waals surface area contributed by atoms with Gasteiger partial charge in [0.15, 0.2) is 0 Å². The van der Waals surface area contributed by atoms with Crippen LogP contribution in [0.25, 0.3) is 0 Å². The van der Waals surface area contributed by atoms with Gasteiger partial charge in [0.25, 0.3) is 0 Å². The second-order valence-corrected chi connectivity index (χ2v) is 4.82. The maximum Gasteiger partial charge on any atom is 0.0568 e. The summed E-state index contributed by atoms with van der Waals surface area (Å²) in [5, 5.41) is 27.6. The van der Waals surface area contributed by atoms with Crippen LogP contribution in [0.2, 0.25) is 0 Å². The van der Waals surface area contributed by atoms with Crippen molar-refractivity contribution in [2.75, 3.05) is 13.2 Å². The van der Waals surface area contributed by atoms with Gasteiger partial charge < -0.3 is 15.3 Å². The summed E-state index contributed by atoms with van der Waals surface area (Å²) >= 11 is 0. The predicted molar refractivity (Wildman–Crippen MR) is 66.2 cm³/mol. The lowest BCUT2D eigenvalue weighted by molar-refractivity contribution is 0.0815. The highest BCUT2D eigenvalue weighted by atomic mass is 16.3. The first-order chi connectivity index (χ1) is 7.65. The molecule has 3 N–H and O–H groups in total.